The minimum Gasteiger partial charge on any atom is -1.00 e. The van der Waals surface area contributed by atoms with Gasteiger partial charge in [-0.05, 0) is 5.57 Å². The zero-order valence-corrected chi connectivity index (χ0v) is 4.90. The first-order valence-electron chi connectivity index (χ1n) is 2.08. The molecule has 0 aliphatic heterocycles. The Hall–Kier alpha value is -0.560. The van der Waals surface area contributed by atoms with E-state index in [4.69, 9.17) is 11.6 Å². The molecule has 0 spiro atoms. The van der Waals surface area contributed by atoms with Gasteiger partial charge in [-0.3, -0.25) is 0 Å². The summed E-state index contributed by atoms with van der Waals surface area (Å²) in [7, 11) is 0. The Bertz CT molecular complexity index is 131. The maximum absolute atomic E-state index is 5.34. The van der Waals surface area contributed by atoms with Crippen LogP contribution in [0.3, 0.4) is 0 Å². The molecule has 2 heteroatoms. The van der Waals surface area contributed by atoms with Crippen molar-refractivity contribution in [2.45, 2.75) is 0 Å². The SMILES string of the molecule is ClC=C1C=CC=C1.[F-]. The van der Waals surface area contributed by atoms with Crippen molar-refractivity contribution in [3.8, 4) is 0 Å². The Morgan fingerprint density at radius 1 is 1.25 bits per heavy atom. The molecule has 8 heavy (non-hydrogen) atoms. The maximum atomic E-state index is 5.34. The van der Waals surface area contributed by atoms with Gasteiger partial charge in [0, 0.05) is 5.54 Å². The third-order valence-corrected chi connectivity index (χ3v) is 1.07. The highest BCUT2D eigenvalue weighted by Gasteiger charge is 1.85. The lowest BCUT2D eigenvalue weighted by atomic mass is 10.3. The summed E-state index contributed by atoms with van der Waals surface area (Å²) in [5.41, 5.74) is 2.63. The summed E-state index contributed by atoms with van der Waals surface area (Å²) in [5, 5.41) is 0. The first kappa shape index (κ1) is 7.44. The molecule has 0 aromatic rings. The van der Waals surface area contributed by atoms with E-state index in [0.29, 0.717) is 0 Å². The van der Waals surface area contributed by atoms with Gasteiger partial charge in [0.1, 0.15) is 0 Å². The van der Waals surface area contributed by atoms with E-state index in [9.17, 15) is 0 Å². The van der Waals surface area contributed by atoms with Gasteiger partial charge in [-0.2, -0.15) is 0 Å². The van der Waals surface area contributed by atoms with E-state index in [2.05, 4.69) is 0 Å². The first-order valence-corrected chi connectivity index (χ1v) is 2.52. The summed E-state index contributed by atoms with van der Waals surface area (Å²) in [5.74, 6) is 0. The summed E-state index contributed by atoms with van der Waals surface area (Å²) in [6.07, 6.45) is 7.81. The molecule has 0 heterocycles. The molecule has 0 saturated carbocycles. The van der Waals surface area contributed by atoms with Crippen LogP contribution in [-0.4, -0.2) is 0 Å². The van der Waals surface area contributed by atoms with Crippen LogP contribution in [0.1, 0.15) is 0 Å². The number of rotatable bonds is 0. The van der Waals surface area contributed by atoms with Crippen LogP contribution in [-0.2, 0) is 0 Å². The lowest BCUT2D eigenvalue weighted by Gasteiger charge is -1.76. The second-order valence-electron chi connectivity index (χ2n) is 1.33. The number of halogens is 2. The zero-order chi connectivity index (χ0) is 5.11. The Balaban J connectivity index is 0.000000490. The van der Waals surface area contributed by atoms with Crippen LogP contribution in [0.15, 0.2) is 35.4 Å². The van der Waals surface area contributed by atoms with Gasteiger partial charge in [0.2, 0.25) is 0 Å². The van der Waals surface area contributed by atoms with E-state index < -0.39 is 0 Å². The molecule has 0 fully saturated rings. The highest BCUT2D eigenvalue weighted by atomic mass is 35.5. The van der Waals surface area contributed by atoms with Gasteiger partial charge in [0.15, 0.2) is 0 Å². The number of hydrogen-bond acceptors (Lipinski definition) is 0. The molecule has 0 radical (unpaired) electrons. The van der Waals surface area contributed by atoms with Crippen LogP contribution in [0.5, 0.6) is 0 Å². The summed E-state index contributed by atoms with van der Waals surface area (Å²) in [4.78, 5) is 0. The van der Waals surface area contributed by atoms with Gasteiger partial charge in [-0.25, -0.2) is 0 Å². The van der Waals surface area contributed by atoms with Crippen molar-refractivity contribution in [1.82, 2.24) is 0 Å². The Labute approximate surface area is 52.5 Å². The fourth-order valence-corrected chi connectivity index (χ4v) is 0.607. The normalized spacial score (nSPS) is 13.9. The van der Waals surface area contributed by atoms with Gasteiger partial charge in [-0.1, -0.05) is 35.9 Å². The molecule has 1 rings (SSSR count). The van der Waals surface area contributed by atoms with E-state index in [1.807, 2.05) is 24.3 Å². The number of hydrogen-bond donors (Lipinski definition) is 0. The fourth-order valence-electron chi connectivity index (χ4n) is 0.462. The van der Waals surface area contributed by atoms with Gasteiger partial charge < -0.3 is 4.70 Å². The molecule has 0 bridgehead atoms. The van der Waals surface area contributed by atoms with Crippen LogP contribution >= 0.6 is 11.6 Å². The average Bonchev–Trinajstić information content (AvgIpc) is 2.14. The van der Waals surface area contributed by atoms with E-state index in [1.54, 1.807) is 5.54 Å². The van der Waals surface area contributed by atoms with Crippen molar-refractivity contribution < 1.29 is 4.70 Å². The van der Waals surface area contributed by atoms with Crippen molar-refractivity contribution >= 4 is 11.6 Å². The average molecular weight is 132 g/mol. The first-order chi connectivity index (χ1) is 3.43. The lowest BCUT2D eigenvalue weighted by Crippen LogP contribution is -3.00. The van der Waals surface area contributed by atoms with Crippen molar-refractivity contribution in [2.24, 2.45) is 0 Å². The third kappa shape index (κ3) is 1.51. The molecular weight excluding hydrogens is 127 g/mol. The quantitative estimate of drug-likeness (QED) is 0.406. The van der Waals surface area contributed by atoms with E-state index in [-0.39, 0.29) is 4.70 Å². The fraction of sp³-hybridized carbons (Fsp3) is 0. The summed E-state index contributed by atoms with van der Waals surface area (Å²) in [6, 6.07) is 0. The molecule has 1 aliphatic rings. The summed E-state index contributed by atoms with van der Waals surface area (Å²) < 4.78 is 0. The second-order valence-corrected chi connectivity index (χ2v) is 1.55. The smallest absolute Gasteiger partial charge is 0.0115 e. The Morgan fingerprint density at radius 2 is 1.75 bits per heavy atom. The molecule has 0 aromatic heterocycles. The molecule has 1 aliphatic carbocycles. The molecule has 0 amide bonds. The van der Waals surface area contributed by atoms with Crippen molar-refractivity contribution in [3.05, 3.63) is 35.4 Å². The lowest BCUT2D eigenvalue weighted by molar-refractivity contribution is -0.00000128. The molecule has 0 aromatic carbocycles. The topological polar surface area (TPSA) is 0 Å². The molecule has 0 saturated heterocycles. The minimum atomic E-state index is 0. The van der Waals surface area contributed by atoms with Gasteiger partial charge in [-0.15, -0.1) is 0 Å². The number of allylic oxidation sites excluding steroid dienone is 5. The third-order valence-electron chi connectivity index (χ3n) is 0.814. The van der Waals surface area contributed by atoms with Crippen molar-refractivity contribution in [2.75, 3.05) is 0 Å². The van der Waals surface area contributed by atoms with Crippen LogP contribution in [0.2, 0.25) is 0 Å². The monoisotopic (exact) mass is 131 g/mol. The molecule has 44 valence electrons. The summed E-state index contributed by atoms with van der Waals surface area (Å²) in [6.45, 7) is 0. The minimum absolute atomic E-state index is 0. The van der Waals surface area contributed by atoms with E-state index >= 15 is 0 Å². The zero-order valence-electron chi connectivity index (χ0n) is 4.14. The molecule has 0 unspecified atom stereocenters. The van der Waals surface area contributed by atoms with Gasteiger partial charge in [0.25, 0.3) is 0 Å². The van der Waals surface area contributed by atoms with E-state index in [1.165, 1.54) is 0 Å². The van der Waals surface area contributed by atoms with Crippen LogP contribution in [0.4, 0.5) is 0 Å². The van der Waals surface area contributed by atoms with Crippen LogP contribution < -0.4 is 4.70 Å². The summed E-state index contributed by atoms with van der Waals surface area (Å²) >= 11 is 5.34. The highest BCUT2D eigenvalue weighted by molar-refractivity contribution is 6.26. The van der Waals surface area contributed by atoms with Crippen LogP contribution in [0.25, 0.3) is 0 Å². The molecule has 0 atom stereocenters. The van der Waals surface area contributed by atoms with Crippen molar-refractivity contribution in [1.29, 1.82) is 0 Å². The largest absolute Gasteiger partial charge is 1.00 e. The maximum Gasteiger partial charge on any atom is 0.0115 e. The van der Waals surface area contributed by atoms with E-state index in [0.717, 1.165) is 5.57 Å². The second kappa shape index (κ2) is 3.44. The Kier molecular flexibility index (Phi) is 3.20. The van der Waals surface area contributed by atoms with Gasteiger partial charge in [0.05, 0.1) is 0 Å². The predicted octanol–water partition coefficient (Wildman–Crippen LogP) is -0.761. The molecule has 0 N–H and O–H groups in total. The predicted molar refractivity (Wildman–Crippen MR) is 32.2 cm³/mol. The standard InChI is InChI=1S/C6H5Cl.FH/c7-5-6-3-1-2-4-6;/h1-5H;1H/p-1. The molecular formula is C6H5ClF-. The molecule has 0 nitrogen and oxygen atoms in total. The van der Waals surface area contributed by atoms with Gasteiger partial charge >= 0.3 is 0 Å². The Morgan fingerprint density at radius 3 is 2.00 bits per heavy atom. The van der Waals surface area contributed by atoms with Crippen LogP contribution in [0, 0.1) is 0 Å². The highest BCUT2D eigenvalue weighted by Crippen LogP contribution is 2.06. The van der Waals surface area contributed by atoms with Crippen molar-refractivity contribution in [3.63, 3.8) is 0 Å².